The molecule has 18 aromatic carbocycles. The number of rotatable bonds is 11. The third-order valence-corrected chi connectivity index (χ3v) is 20.8. The van der Waals surface area contributed by atoms with E-state index in [1.807, 2.05) is 78.9 Å². The van der Waals surface area contributed by atoms with Gasteiger partial charge in [-0.1, -0.05) is 346 Å². The van der Waals surface area contributed by atoms with E-state index in [0.29, 0.717) is 34.9 Å². The van der Waals surface area contributed by atoms with Gasteiger partial charge in [0.25, 0.3) is 0 Å². The monoisotopic (exact) mass is 1320 g/mol. The zero-order chi connectivity index (χ0) is 68.6. The lowest BCUT2D eigenvalue weighted by Gasteiger charge is -2.18. The molecule has 0 saturated carbocycles. The molecule has 0 saturated heterocycles. The molecular weight excluding hydrogens is 1260 g/mol. The van der Waals surface area contributed by atoms with Crippen LogP contribution in [0.4, 0.5) is 0 Å². The van der Waals surface area contributed by atoms with Crippen molar-refractivity contribution >= 4 is 86.2 Å². The molecule has 0 radical (unpaired) electrons. The molecule has 20 aromatic rings. The van der Waals surface area contributed by atoms with Crippen molar-refractivity contribution in [1.29, 1.82) is 0 Å². The molecule has 6 heteroatoms. The molecule has 0 bridgehead atoms. The lowest BCUT2D eigenvalue weighted by atomic mass is 9.85. The lowest BCUT2D eigenvalue weighted by Crippen LogP contribution is -2.00. The number of aromatic nitrogens is 6. The van der Waals surface area contributed by atoms with Crippen molar-refractivity contribution in [2.24, 2.45) is 0 Å². The van der Waals surface area contributed by atoms with Gasteiger partial charge >= 0.3 is 0 Å². The SMILES string of the molecule is c1ccc(-c2nc(-c3ccccc3)nc(-c3ccc(-c4ccc(-c5ccc6c(c5)c5ccccc5c5c7ccccc7cc(-c7ccc(-c8nc(-c9ccccc9)nc(-c9ccc(-c%10ccc(-c%11ccc%12c%13ccccc%13c%13ccc%14ccccc%14c%13c%12c%11)cc%10)cc9)n8)cc7)c65)cc4)cc3)n2)cc1. The van der Waals surface area contributed by atoms with E-state index < -0.39 is 0 Å². The van der Waals surface area contributed by atoms with Crippen LogP contribution in [-0.4, -0.2) is 29.9 Å². The first-order valence-corrected chi connectivity index (χ1v) is 35.3. The van der Waals surface area contributed by atoms with Gasteiger partial charge in [0, 0.05) is 33.4 Å². The molecule has 0 fully saturated rings. The van der Waals surface area contributed by atoms with Crippen molar-refractivity contribution in [1.82, 2.24) is 29.9 Å². The first-order valence-electron chi connectivity index (χ1n) is 35.3. The molecule has 2 heterocycles. The van der Waals surface area contributed by atoms with Crippen LogP contribution in [0.2, 0.25) is 0 Å². The molecular formula is C98H60N6. The Morgan fingerprint density at radius 2 is 0.385 bits per heavy atom. The summed E-state index contributed by atoms with van der Waals surface area (Å²) < 4.78 is 0. The summed E-state index contributed by atoms with van der Waals surface area (Å²) >= 11 is 0. The second-order valence-electron chi connectivity index (χ2n) is 26.8. The Kier molecular flexibility index (Phi) is 14.5. The fraction of sp³-hybridized carbons (Fsp3) is 0. The first-order chi connectivity index (χ1) is 51.5. The van der Waals surface area contributed by atoms with Gasteiger partial charge in [0.05, 0.1) is 0 Å². The van der Waals surface area contributed by atoms with E-state index in [1.54, 1.807) is 0 Å². The second-order valence-corrected chi connectivity index (χ2v) is 26.8. The minimum Gasteiger partial charge on any atom is -0.208 e. The van der Waals surface area contributed by atoms with Crippen molar-refractivity contribution in [3.8, 4) is 124 Å². The normalized spacial score (nSPS) is 11.7. The van der Waals surface area contributed by atoms with Crippen LogP contribution in [0, 0.1) is 0 Å². The zero-order valence-electron chi connectivity index (χ0n) is 56.3. The number of benzene rings is 18. The van der Waals surface area contributed by atoms with Gasteiger partial charge in [0.2, 0.25) is 0 Å². The number of nitrogens with zero attached hydrogens (tertiary/aromatic N) is 6. The molecule has 0 unspecified atom stereocenters. The van der Waals surface area contributed by atoms with E-state index in [-0.39, 0.29) is 0 Å². The van der Waals surface area contributed by atoms with Crippen LogP contribution in [0.15, 0.2) is 364 Å². The number of hydrogen-bond acceptors (Lipinski definition) is 6. The van der Waals surface area contributed by atoms with Crippen molar-refractivity contribution < 1.29 is 0 Å². The van der Waals surface area contributed by atoms with Crippen LogP contribution >= 0.6 is 0 Å². The van der Waals surface area contributed by atoms with Crippen molar-refractivity contribution in [2.75, 3.05) is 0 Å². The summed E-state index contributed by atoms with van der Waals surface area (Å²) in [5.41, 5.74) is 16.9. The topological polar surface area (TPSA) is 77.3 Å². The van der Waals surface area contributed by atoms with Gasteiger partial charge in [-0.3, -0.25) is 0 Å². The third-order valence-electron chi connectivity index (χ3n) is 20.8. The summed E-state index contributed by atoms with van der Waals surface area (Å²) in [7, 11) is 0. The van der Waals surface area contributed by atoms with Gasteiger partial charge in [-0.2, -0.15) is 0 Å². The maximum atomic E-state index is 5.25. The van der Waals surface area contributed by atoms with Crippen molar-refractivity contribution in [3.63, 3.8) is 0 Å². The molecule has 0 amide bonds. The molecule has 0 spiro atoms. The van der Waals surface area contributed by atoms with Gasteiger partial charge in [-0.05, 0) is 160 Å². The zero-order valence-corrected chi connectivity index (χ0v) is 56.3. The first kappa shape index (κ1) is 60.1. The predicted molar refractivity (Wildman–Crippen MR) is 433 cm³/mol. The molecule has 0 aliphatic carbocycles. The second kappa shape index (κ2) is 25.0. The summed E-state index contributed by atoms with van der Waals surface area (Å²) in [6.45, 7) is 0. The van der Waals surface area contributed by atoms with Crippen molar-refractivity contribution in [3.05, 3.63) is 364 Å². The molecule has 0 atom stereocenters. The third kappa shape index (κ3) is 10.6. The standard InChI is InChI=1S/C98H60N6/c1-4-19-69(20-5-1)93-99-94(70-21-6-2-7-22-70)101-96(100-93)72-46-40-63(41-47-72)61-32-36-65(37-33-61)75-54-57-86-88(58-75)82-30-16-17-31-84(82)91-79-27-13-11-25-77(79)60-87(92(86)91)68-44-50-74(51-45-68)98-103-95(71-23-8-3-9-24-71)102-97(104-98)73-48-42-64(43-49-73)62-34-38-66(39-35-62)76-53-55-83-80-28-14-15-29-81(80)85-56-52-67-18-10-12-26-78(67)90(85)89(83)59-76/h1-60H. The molecule has 104 heavy (non-hydrogen) atoms. The molecule has 0 aliphatic heterocycles. The summed E-state index contributed by atoms with van der Waals surface area (Å²) in [6.07, 6.45) is 0. The highest BCUT2D eigenvalue weighted by atomic mass is 15.0. The van der Waals surface area contributed by atoms with Crippen LogP contribution < -0.4 is 0 Å². The van der Waals surface area contributed by atoms with Crippen LogP contribution in [-0.2, 0) is 0 Å². The average Bonchev–Trinajstić information content (AvgIpc) is 0.713. The van der Waals surface area contributed by atoms with E-state index in [1.165, 1.54) is 97.3 Å². The molecule has 6 nitrogen and oxygen atoms in total. The Bertz CT molecular complexity index is 6710. The summed E-state index contributed by atoms with van der Waals surface area (Å²) in [6, 6.07) is 130. The minimum atomic E-state index is 0.605. The maximum absolute atomic E-state index is 5.25. The van der Waals surface area contributed by atoms with Gasteiger partial charge in [-0.15, -0.1) is 0 Å². The highest BCUT2D eigenvalue weighted by Crippen LogP contribution is 2.47. The van der Waals surface area contributed by atoms with Crippen LogP contribution in [0.3, 0.4) is 0 Å². The molecule has 20 rings (SSSR count). The lowest BCUT2D eigenvalue weighted by molar-refractivity contribution is 1.07. The molecule has 0 N–H and O–H groups in total. The Labute approximate surface area is 600 Å². The number of fused-ring (bicyclic) bond motifs is 16. The van der Waals surface area contributed by atoms with E-state index >= 15 is 0 Å². The highest BCUT2D eigenvalue weighted by Gasteiger charge is 2.21. The maximum Gasteiger partial charge on any atom is 0.164 e. The Balaban J connectivity index is 0.612. The molecule has 0 aliphatic rings. The van der Waals surface area contributed by atoms with Crippen molar-refractivity contribution in [2.45, 2.75) is 0 Å². The Morgan fingerprint density at radius 3 is 0.827 bits per heavy atom. The number of hydrogen-bond donors (Lipinski definition) is 0. The summed E-state index contributed by atoms with van der Waals surface area (Å²) in [5, 5.41) is 19.9. The van der Waals surface area contributed by atoms with Crippen LogP contribution in [0.5, 0.6) is 0 Å². The van der Waals surface area contributed by atoms with E-state index in [9.17, 15) is 0 Å². The largest absolute Gasteiger partial charge is 0.208 e. The Hall–Kier alpha value is -13.9. The summed E-state index contributed by atoms with van der Waals surface area (Å²) in [4.78, 5) is 30.4. The summed E-state index contributed by atoms with van der Waals surface area (Å²) in [5.74, 6) is 3.74. The highest BCUT2D eigenvalue weighted by molar-refractivity contribution is 6.35. The average molecular weight is 1320 g/mol. The fourth-order valence-electron chi connectivity index (χ4n) is 15.6. The van der Waals surface area contributed by atoms with Gasteiger partial charge < -0.3 is 0 Å². The van der Waals surface area contributed by atoms with E-state index in [2.05, 4.69) is 285 Å². The van der Waals surface area contributed by atoms with E-state index in [4.69, 9.17) is 29.9 Å². The predicted octanol–water partition coefficient (Wildman–Crippen LogP) is 25.6. The Morgan fingerprint density at radius 1 is 0.125 bits per heavy atom. The quantitative estimate of drug-likeness (QED) is 0.120. The van der Waals surface area contributed by atoms with Gasteiger partial charge in [0.1, 0.15) is 0 Å². The molecule has 482 valence electrons. The minimum absolute atomic E-state index is 0.605. The van der Waals surface area contributed by atoms with Crippen LogP contribution in [0.1, 0.15) is 0 Å². The van der Waals surface area contributed by atoms with E-state index in [0.717, 1.165) is 77.9 Å². The van der Waals surface area contributed by atoms with Gasteiger partial charge in [-0.25, -0.2) is 29.9 Å². The smallest absolute Gasteiger partial charge is 0.164 e. The fourth-order valence-corrected chi connectivity index (χ4v) is 15.6. The van der Waals surface area contributed by atoms with Crippen LogP contribution in [0.25, 0.3) is 210 Å². The van der Waals surface area contributed by atoms with Gasteiger partial charge in [0.15, 0.2) is 34.9 Å². The molecule has 2 aromatic heterocycles.